The standard InChI is InChI=1S/C34H44FN5O5/c1-34(2,3)13-15-37-32(41)38-27-9-8-23(19-26(27)35)45-30-10-14-36-28-20-25(31(44-4)21-24(28)30)29-7-5-6-16-40(29)22-11-17-39(18-12-22)33(42)43/h8-10,14,19-22,29H,5-7,11-13,15-18H2,1-4H3,(H,42,43)(H2,37,38,41). The average molecular weight is 622 g/mol. The van der Waals surface area contributed by atoms with Gasteiger partial charge in [0.2, 0.25) is 0 Å². The summed E-state index contributed by atoms with van der Waals surface area (Å²) in [6, 6.07) is 10.0. The topological polar surface area (TPSA) is 116 Å². The fourth-order valence-electron chi connectivity index (χ4n) is 6.31. The molecule has 3 amide bonds. The second-order valence-corrected chi connectivity index (χ2v) is 13.1. The van der Waals surface area contributed by atoms with E-state index in [1.165, 1.54) is 17.0 Å². The van der Waals surface area contributed by atoms with Gasteiger partial charge in [0.15, 0.2) is 0 Å². The van der Waals surface area contributed by atoms with E-state index in [9.17, 15) is 19.1 Å². The zero-order valence-corrected chi connectivity index (χ0v) is 26.6. The van der Waals surface area contributed by atoms with E-state index < -0.39 is 17.9 Å². The van der Waals surface area contributed by atoms with Crippen LogP contribution in [0.1, 0.15) is 70.9 Å². The van der Waals surface area contributed by atoms with E-state index >= 15 is 0 Å². The molecule has 242 valence electrons. The number of anilines is 1. The lowest BCUT2D eigenvalue weighted by Gasteiger charge is -2.44. The number of urea groups is 1. The number of pyridine rings is 1. The lowest BCUT2D eigenvalue weighted by Crippen LogP contribution is -2.49. The number of benzene rings is 2. The molecular formula is C34H44FN5O5. The lowest BCUT2D eigenvalue weighted by atomic mass is 9.90. The van der Waals surface area contributed by atoms with Crippen molar-refractivity contribution in [2.75, 3.05) is 38.6 Å². The molecule has 0 spiro atoms. The van der Waals surface area contributed by atoms with Gasteiger partial charge in [0.25, 0.3) is 0 Å². The fourth-order valence-corrected chi connectivity index (χ4v) is 6.31. The monoisotopic (exact) mass is 621 g/mol. The first-order chi connectivity index (χ1) is 21.5. The van der Waals surface area contributed by atoms with Gasteiger partial charge >= 0.3 is 12.1 Å². The second kappa shape index (κ2) is 13.9. The van der Waals surface area contributed by atoms with Gasteiger partial charge < -0.3 is 30.1 Å². The summed E-state index contributed by atoms with van der Waals surface area (Å²) in [5.74, 6) is 0.908. The molecule has 1 aromatic heterocycles. The Bertz CT molecular complexity index is 1520. The van der Waals surface area contributed by atoms with E-state index in [-0.39, 0.29) is 22.9 Å². The minimum absolute atomic E-state index is 0.0622. The third-order valence-corrected chi connectivity index (χ3v) is 8.74. The largest absolute Gasteiger partial charge is 0.496 e. The van der Waals surface area contributed by atoms with E-state index in [0.717, 1.165) is 67.3 Å². The van der Waals surface area contributed by atoms with Gasteiger partial charge in [-0.3, -0.25) is 9.88 Å². The van der Waals surface area contributed by atoms with Crippen LogP contribution < -0.4 is 20.1 Å². The highest BCUT2D eigenvalue weighted by molar-refractivity contribution is 5.90. The zero-order chi connectivity index (χ0) is 32.1. The maximum Gasteiger partial charge on any atom is 0.407 e. The molecule has 0 aliphatic carbocycles. The summed E-state index contributed by atoms with van der Waals surface area (Å²) in [7, 11) is 1.65. The molecule has 2 aliphatic heterocycles. The van der Waals surface area contributed by atoms with E-state index in [4.69, 9.17) is 9.47 Å². The van der Waals surface area contributed by atoms with Crippen molar-refractivity contribution in [1.29, 1.82) is 0 Å². The molecule has 1 unspecified atom stereocenters. The number of piperidine rings is 2. The second-order valence-electron chi connectivity index (χ2n) is 13.1. The Balaban J connectivity index is 1.33. The van der Waals surface area contributed by atoms with E-state index in [1.807, 2.05) is 6.07 Å². The first-order valence-electron chi connectivity index (χ1n) is 15.7. The minimum atomic E-state index is -0.853. The zero-order valence-electron chi connectivity index (χ0n) is 26.6. The van der Waals surface area contributed by atoms with Crippen LogP contribution in [-0.2, 0) is 0 Å². The van der Waals surface area contributed by atoms with Crippen molar-refractivity contribution < 1.29 is 28.6 Å². The van der Waals surface area contributed by atoms with Gasteiger partial charge in [0.1, 0.15) is 23.1 Å². The number of nitrogens with one attached hydrogen (secondary N) is 2. The molecule has 2 aliphatic rings. The highest BCUT2D eigenvalue weighted by atomic mass is 19.1. The van der Waals surface area contributed by atoms with Crippen molar-refractivity contribution in [3.63, 3.8) is 0 Å². The molecule has 3 N–H and O–H groups in total. The number of amides is 3. The van der Waals surface area contributed by atoms with Crippen LogP contribution in [0.5, 0.6) is 17.2 Å². The number of fused-ring (bicyclic) bond motifs is 1. The molecule has 1 atom stereocenters. The fraction of sp³-hybridized carbons (Fsp3) is 0.500. The summed E-state index contributed by atoms with van der Waals surface area (Å²) < 4.78 is 27.0. The minimum Gasteiger partial charge on any atom is -0.496 e. The number of hydrogen-bond donors (Lipinski definition) is 3. The molecule has 0 radical (unpaired) electrons. The molecule has 3 aromatic rings. The number of halogens is 1. The van der Waals surface area contributed by atoms with Gasteiger partial charge in [-0.15, -0.1) is 0 Å². The van der Waals surface area contributed by atoms with E-state index in [1.54, 1.807) is 25.4 Å². The SMILES string of the molecule is COc1cc2c(Oc3ccc(NC(=O)NCCC(C)(C)C)c(F)c3)ccnc2cc1C1CCCCN1C1CCN(C(=O)O)CC1. The van der Waals surface area contributed by atoms with Crippen LogP contribution >= 0.6 is 0 Å². The quantitative estimate of drug-likeness (QED) is 0.240. The number of ether oxygens (including phenoxy) is 2. The summed E-state index contributed by atoms with van der Waals surface area (Å²) in [5, 5.41) is 15.5. The highest BCUT2D eigenvalue weighted by Gasteiger charge is 2.34. The Morgan fingerprint density at radius 3 is 2.51 bits per heavy atom. The Kier molecular flexibility index (Phi) is 9.96. The van der Waals surface area contributed by atoms with Gasteiger partial charge in [0, 0.05) is 54.9 Å². The molecule has 2 fully saturated rings. The molecule has 11 heteroatoms. The molecule has 5 rings (SSSR count). The van der Waals surface area contributed by atoms with Gasteiger partial charge in [-0.05, 0) is 74.4 Å². The van der Waals surface area contributed by atoms with Crippen LogP contribution in [0.15, 0.2) is 42.6 Å². The van der Waals surface area contributed by atoms with Crippen molar-refractivity contribution >= 4 is 28.7 Å². The number of likely N-dealkylation sites (tertiary alicyclic amines) is 2. The summed E-state index contributed by atoms with van der Waals surface area (Å²) in [6.45, 7) is 8.80. The van der Waals surface area contributed by atoms with Gasteiger partial charge in [-0.2, -0.15) is 0 Å². The number of rotatable bonds is 8. The summed E-state index contributed by atoms with van der Waals surface area (Å²) in [4.78, 5) is 32.4. The van der Waals surface area contributed by atoms with Gasteiger partial charge in [-0.1, -0.05) is 27.2 Å². The number of nitrogens with zero attached hydrogens (tertiary/aromatic N) is 3. The van der Waals surface area contributed by atoms with Crippen LogP contribution in [-0.4, -0.2) is 71.3 Å². The predicted octanol–water partition coefficient (Wildman–Crippen LogP) is 7.40. The molecule has 0 saturated carbocycles. The maximum absolute atomic E-state index is 15.0. The van der Waals surface area contributed by atoms with Crippen molar-refractivity contribution in [2.24, 2.45) is 5.41 Å². The van der Waals surface area contributed by atoms with E-state index in [2.05, 4.69) is 47.4 Å². The van der Waals surface area contributed by atoms with Crippen LogP contribution in [0.25, 0.3) is 10.9 Å². The molecule has 2 saturated heterocycles. The molecule has 0 bridgehead atoms. The van der Waals surface area contributed by atoms with Crippen LogP contribution in [0, 0.1) is 11.2 Å². The number of carboxylic acid groups (broad SMARTS) is 1. The third kappa shape index (κ3) is 7.94. The highest BCUT2D eigenvalue weighted by Crippen LogP contribution is 2.42. The molecular weight excluding hydrogens is 577 g/mol. The Morgan fingerprint density at radius 1 is 1.04 bits per heavy atom. The summed E-state index contributed by atoms with van der Waals surface area (Å²) in [5.41, 5.74) is 1.93. The number of hydrogen-bond acceptors (Lipinski definition) is 6. The predicted molar refractivity (Wildman–Crippen MR) is 172 cm³/mol. The molecule has 3 heterocycles. The van der Waals surface area contributed by atoms with Crippen LogP contribution in [0.3, 0.4) is 0 Å². The summed E-state index contributed by atoms with van der Waals surface area (Å²) in [6.07, 6.45) is 6.41. The average Bonchev–Trinajstić information content (AvgIpc) is 3.01. The third-order valence-electron chi connectivity index (χ3n) is 8.74. The summed E-state index contributed by atoms with van der Waals surface area (Å²) >= 11 is 0. The van der Waals surface area contributed by atoms with Crippen LogP contribution in [0.2, 0.25) is 0 Å². The first kappa shape index (κ1) is 32.3. The Hall–Kier alpha value is -4.12. The normalized spacial score (nSPS) is 18.1. The van der Waals surface area contributed by atoms with Gasteiger partial charge in [0.05, 0.1) is 18.3 Å². The van der Waals surface area contributed by atoms with E-state index in [0.29, 0.717) is 31.4 Å². The molecule has 45 heavy (non-hydrogen) atoms. The van der Waals surface area contributed by atoms with Crippen molar-refractivity contribution in [1.82, 2.24) is 20.1 Å². The maximum atomic E-state index is 15.0. The molecule has 2 aromatic carbocycles. The smallest absolute Gasteiger partial charge is 0.407 e. The van der Waals surface area contributed by atoms with Crippen molar-refractivity contribution in [3.8, 4) is 17.2 Å². The number of carbonyl (C=O) groups is 2. The Morgan fingerprint density at radius 2 is 1.82 bits per heavy atom. The number of aromatic nitrogens is 1. The first-order valence-corrected chi connectivity index (χ1v) is 15.7. The van der Waals surface area contributed by atoms with Crippen molar-refractivity contribution in [2.45, 2.75) is 71.4 Å². The lowest BCUT2D eigenvalue weighted by molar-refractivity contribution is 0.0489. The van der Waals surface area contributed by atoms with Crippen molar-refractivity contribution in [3.05, 3.63) is 54.0 Å². The number of methoxy groups -OCH3 is 1. The number of carbonyl (C=O) groups excluding carboxylic acids is 1. The van der Waals surface area contributed by atoms with Gasteiger partial charge in [-0.25, -0.2) is 14.0 Å². The Labute approximate surface area is 263 Å². The molecule has 10 nitrogen and oxygen atoms in total. The van der Waals surface area contributed by atoms with Crippen LogP contribution in [0.4, 0.5) is 19.7 Å².